The Bertz CT molecular complexity index is 889. The first kappa shape index (κ1) is 16.5. The second-order valence-corrected chi connectivity index (χ2v) is 8.73. The van der Waals surface area contributed by atoms with Crippen LogP contribution in [-0.4, -0.2) is 33.0 Å². The van der Waals surface area contributed by atoms with Crippen LogP contribution in [0.3, 0.4) is 0 Å². The van der Waals surface area contributed by atoms with Crippen molar-refractivity contribution in [2.75, 3.05) is 20.3 Å². The van der Waals surface area contributed by atoms with Crippen molar-refractivity contribution in [3.8, 4) is 11.5 Å². The SMILES string of the molecule is CC1CC1c1ccc(CN(C)S(=O)(=O)c2ccc3c(c2)OCCO3)o1. The Morgan fingerprint density at radius 1 is 1.12 bits per heavy atom. The van der Waals surface area contributed by atoms with Gasteiger partial charge in [0.1, 0.15) is 24.7 Å². The molecular weight excluding hydrogens is 342 g/mol. The molecule has 0 spiro atoms. The molecule has 6 nitrogen and oxygen atoms in total. The first-order chi connectivity index (χ1) is 11.9. The van der Waals surface area contributed by atoms with Crippen molar-refractivity contribution in [1.82, 2.24) is 4.31 Å². The molecule has 1 saturated carbocycles. The van der Waals surface area contributed by atoms with E-state index in [1.165, 1.54) is 10.4 Å². The lowest BCUT2D eigenvalue weighted by Crippen LogP contribution is -2.26. The summed E-state index contributed by atoms with van der Waals surface area (Å²) in [6.45, 7) is 3.27. The summed E-state index contributed by atoms with van der Waals surface area (Å²) in [7, 11) is -2.09. The molecule has 2 heterocycles. The number of hydrogen-bond acceptors (Lipinski definition) is 5. The van der Waals surface area contributed by atoms with Crippen LogP contribution in [0, 0.1) is 5.92 Å². The number of sulfonamides is 1. The highest BCUT2D eigenvalue weighted by molar-refractivity contribution is 7.89. The normalized spacial score (nSPS) is 22.2. The van der Waals surface area contributed by atoms with Crippen molar-refractivity contribution in [1.29, 1.82) is 0 Å². The summed E-state index contributed by atoms with van der Waals surface area (Å²) in [5, 5.41) is 0. The Morgan fingerprint density at radius 3 is 2.56 bits per heavy atom. The zero-order valence-electron chi connectivity index (χ0n) is 14.3. The maximum Gasteiger partial charge on any atom is 0.243 e. The maximum atomic E-state index is 12.8. The van der Waals surface area contributed by atoms with Gasteiger partial charge in [0, 0.05) is 19.0 Å². The minimum atomic E-state index is -3.64. The van der Waals surface area contributed by atoms with Gasteiger partial charge in [-0.25, -0.2) is 8.42 Å². The van der Waals surface area contributed by atoms with Crippen molar-refractivity contribution < 1.29 is 22.3 Å². The number of fused-ring (bicyclic) bond motifs is 1. The molecule has 0 saturated heterocycles. The van der Waals surface area contributed by atoms with Crippen LogP contribution in [0.25, 0.3) is 0 Å². The quantitative estimate of drug-likeness (QED) is 0.817. The molecule has 1 aliphatic carbocycles. The average molecular weight is 363 g/mol. The van der Waals surface area contributed by atoms with E-state index in [2.05, 4.69) is 6.92 Å². The molecule has 0 N–H and O–H groups in total. The smallest absolute Gasteiger partial charge is 0.243 e. The van der Waals surface area contributed by atoms with E-state index in [0.29, 0.717) is 42.3 Å². The zero-order chi connectivity index (χ0) is 17.6. The molecule has 4 rings (SSSR count). The van der Waals surface area contributed by atoms with Crippen molar-refractivity contribution in [3.05, 3.63) is 41.9 Å². The Labute approximate surface area is 147 Å². The van der Waals surface area contributed by atoms with Crippen LogP contribution in [0.4, 0.5) is 0 Å². The van der Waals surface area contributed by atoms with Crippen LogP contribution >= 0.6 is 0 Å². The number of hydrogen-bond donors (Lipinski definition) is 0. The van der Waals surface area contributed by atoms with Crippen LogP contribution in [0.2, 0.25) is 0 Å². The molecule has 2 atom stereocenters. The van der Waals surface area contributed by atoms with E-state index in [1.54, 1.807) is 19.2 Å². The molecular formula is C18H21NO5S. The number of nitrogens with zero attached hydrogens (tertiary/aromatic N) is 1. The highest BCUT2D eigenvalue weighted by atomic mass is 32.2. The molecule has 2 unspecified atom stereocenters. The van der Waals surface area contributed by atoms with Gasteiger partial charge in [-0.15, -0.1) is 0 Å². The molecule has 0 radical (unpaired) electrons. The van der Waals surface area contributed by atoms with E-state index in [9.17, 15) is 8.42 Å². The molecule has 25 heavy (non-hydrogen) atoms. The van der Waals surface area contributed by atoms with Crippen molar-refractivity contribution in [3.63, 3.8) is 0 Å². The molecule has 0 bridgehead atoms. The second-order valence-electron chi connectivity index (χ2n) is 6.69. The predicted molar refractivity (Wildman–Crippen MR) is 91.3 cm³/mol. The standard InChI is InChI=1S/C18H21NO5S/c1-12-9-15(12)16-5-3-13(24-16)11-19(2)25(20,21)14-4-6-17-18(10-14)23-8-7-22-17/h3-6,10,12,15H,7-9,11H2,1-2H3. The van der Waals surface area contributed by atoms with Crippen LogP contribution in [0.1, 0.15) is 30.8 Å². The lowest BCUT2D eigenvalue weighted by atomic mass is 10.3. The third-order valence-electron chi connectivity index (χ3n) is 4.76. The zero-order valence-corrected chi connectivity index (χ0v) is 15.1. The van der Waals surface area contributed by atoms with Gasteiger partial charge in [-0.2, -0.15) is 4.31 Å². The van der Waals surface area contributed by atoms with E-state index >= 15 is 0 Å². The fourth-order valence-electron chi connectivity index (χ4n) is 3.07. The summed E-state index contributed by atoms with van der Waals surface area (Å²) < 4.78 is 43.7. The van der Waals surface area contributed by atoms with Gasteiger partial charge in [0.2, 0.25) is 10.0 Å². The molecule has 7 heteroatoms. The van der Waals surface area contributed by atoms with E-state index < -0.39 is 10.0 Å². The van der Waals surface area contributed by atoms with E-state index in [0.717, 1.165) is 12.2 Å². The summed E-state index contributed by atoms with van der Waals surface area (Å²) in [5.74, 6) is 3.77. The molecule has 1 aromatic heterocycles. The van der Waals surface area contributed by atoms with Gasteiger partial charge < -0.3 is 13.9 Å². The van der Waals surface area contributed by atoms with Gasteiger partial charge in [-0.05, 0) is 36.6 Å². The van der Waals surface area contributed by atoms with Crippen molar-refractivity contribution in [2.24, 2.45) is 5.92 Å². The maximum absolute atomic E-state index is 12.8. The van der Waals surface area contributed by atoms with Gasteiger partial charge in [0.25, 0.3) is 0 Å². The minimum Gasteiger partial charge on any atom is -0.486 e. The van der Waals surface area contributed by atoms with E-state index in [4.69, 9.17) is 13.9 Å². The minimum absolute atomic E-state index is 0.182. The van der Waals surface area contributed by atoms with E-state index in [1.807, 2.05) is 12.1 Å². The first-order valence-electron chi connectivity index (χ1n) is 8.40. The Kier molecular flexibility index (Phi) is 4.00. The fourth-order valence-corrected chi connectivity index (χ4v) is 4.22. The van der Waals surface area contributed by atoms with E-state index in [-0.39, 0.29) is 11.4 Å². The largest absolute Gasteiger partial charge is 0.486 e. The van der Waals surface area contributed by atoms with Gasteiger partial charge >= 0.3 is 0 Å². The van der Waals surface area contributed by atoms with Crippen LogP contribution in [0.15, 0.2) is 39.6 Å². The molecule has 2 aromatic rings. The Morgan fingerprint density at radius 2 is 1.84 bits per heavy atom. The highest BCUT2D eigenvalue weighted by Crippen LogP contribution is 2.47. The van der Waals surface area contributed by atoms with Gasteiger partial charge in [-0.1, -0.05) is 6.92 Å². The molecule has 1 aromatic carbocycles. The predicted octanol–water partition coefficient (Wildman–Crippen LogP) is 2.99. The second kappa shape index (κ2) is 6.07. The monoisotopic (exact) mass is 363 g/mol. The summed E-state index contributed by atoms with van der Waals surface area (Å²) >= 11 is 0. The van der Waals surface area contributed by atoms with Crippen molar-refractivity contribution >= 4 is 10.0 Å². The lowest BCUT2D eigenvalue weighted by Gasteiger charge is -2.20. The van der Waals surface area contributed by atoms with Crippen molar-refractivity contribution in [2.45, 2.75) is 30.7 Å². The lowest BCUT2D eigenvalue weighted by molar-refractivity contribution is 0.171. The summed E-state index contributed by atoms with van der Waals surface area (Å²) in [6, 6.07) is 8.50. The van der Waals surface area contributed by atoms with Gasteiger partial charge in [-0.3, -0.25) is 0 Å². The fraction of sp³-hybridized carbons (Fsp3) is 0.444. The summed E-state index contributed by atoms with van der Waals surface area (Å²) in [6.07, 6.45) is 1.14. The number of ether oxygens (including phenoxy) is 2. The molecule has 1 aliphatic heterocycles. The third-order valence-corrected chi connectivity index (χ3v) is 6.56. The van der Waals surface area contributed by atoms with Crippen LogP contribution in [-0.2, 0) is 16.6 Å². The molecule has 2 aliphatic rings. The number of benzene rings is 1. The van der Waals surface area contributed by atoms with Crippen LogP contribution < -0.4 is 9.47 Å². The highest BCUT2D eigenvalue weighted by Gasteiger charge is 2.36. The van der Waals surface area contributed by atoms with Crippen LogP contribution in [0.5, 0.6) is 11.5 Å². The third kappa shape index (κ3) is 3.14. The van der Waals surface area contributed by atoms with Gasteiger partial charge in [0.15, 0.2) is 11.5 Å². The van der Waals surface area contributed by atoms with Gasteiger partial charge in [0.05, 0.1) is 11.4 Å². The average Bonchev–Trinajstić information content (AvgIpc) is 3.15. The Balaban J connectivity index is 1.52. The Hall–Kier alpha value is -1.99. The summed E-state index contributed by atoms with van der Waals surface area (Å²) in [5.41, 5.74) is 0. The first-order valence-corrected chi connectivity index (χ1v) is 9.84. The number of rotatable bonds is 5. The molecule has 0 amide bonds. The topological polar surface area (TPSA) is 69.0 Å². The number of furan rings is 1. The summed E-state index contributed by atoms with van der Waals surface area (Å²) in [4.78, 5) is 0.182. The molecule has 1 fully saturated rings. The molecule has 134 valence electrons.